The van der Waals surface area contributed by atoms with Crippen molar-refractivity contribution in [3.63, 3.8) is 0 Å². The molecule has 0 spiro atoms. The molecule has 0 aliphatic carbocycles. The van der Waals surface area contributed by atoms with Crippen LogP contribution in [0, 0.1) is 0 Å². The standard InChI is InChI=1S/C17H17N3O2/c21-16(19-12-13-6-9-18-10-7-13)15-8-11-20(15)17(22)14-4-2-1-3-5-14/h1-7,9-10,15H,8,11-12H2,(H,19,21). The average Bonchev–Trinajstić information content (AvgIpc) is 2.54. The van der Waals surface area contributed by atoms with Gasteiger partial charge in [-0.2, -0.15) is 0 Å². The number of pyridine rings is 1. The first-order valence-corrected chi connectivity index (χ1v) is 7.28. The van der Waals surface area contributed by atoms with Crippen LogP contribution in [0.25, 0.3) is 0 Å². The summed E-state index contributed by atoms with van der Waals surface area (Å²) >= 11 is 0. The number of hydrogen-bond acceptors (Lipinski definition) is 3. The van der Waals surface area contributed by atoms with Crippen LogP contribution in [0.3, 0.4) is 0 Å². The SMILES string of the molecule is O=C(NCc1ccncc1)C1CCN1C(=O)c1ccccc1. The first-order chi connectivity index (χ1) is 10.8. The first kappa shape index (κ1) is 14.3. The fourth-order valence-corrected chi connectivity index (χ4v) is 2.46. The van der Waals surface area contributed by atoms with Gasteiger partial charge < -0.3 is 10.2 Å². The number of benzene rings is 1. The Labute approximate surface area is 129 Å². The van der Waals surface area contributed by atoms with E-state index in [1.54, 1.807) is 29.4 Å². The third-order valence-electron chi connectivity index (χ3n) is 3.82. The smallest absolute Gasteiger partial charge is 0.254 e. The van der Waals surface area contributed by atoms with Crippen molar-refractivity contribution >= 4 is 11.8 Å². The third kappa shape index (κ3) is 2.98. The first-order valence-electron chi connectivity index (χ1n) is 7.28. The molecular formula is C17H17N3O2. The minimum Gasteiger partial charge on any atom is -0.350 e. The van der Waals surface area contributed by atoms with Crippen molar-refractivity contribution in [1.29, 1.82) is 0 Å². The van der Waals surface area contributed by atoms with Gasteiger partial charge in [0, 0.05) is 31.0 Å². The van der Waals surface area contributed by atoms with Gasteiger partial charge in [0.1, 0.15) is 6.04 Å². The second-order valence-electron chi connectivity index (χ2n) is 5.24. The van der Waals surface area contributed by atoms with Gasteiger partial charge in [0.2, 0.25) is 5.91 Å². The molecule has 0 saturated carbocycles. The summed E-state index contributed by atoms with van der Waals surface area (Å²) in [6, 6.07) is 12.4. The van der Waals surface area contributed by atoms with E-state index < -0.39 is 0 Å². The van der Waals surface area contributed by atoms with Crippen LogP contribution in [0.1, 0.15) is 22.3 Å². The van der Waals surface area contributed by atoms with Gasteiger partial charge in [0.25, 0.3) is 5.91 Å². The lowest BCUT2D eigenvalue weighted by molar-refractivity contribution is -0.129. The molecule has 5 nitrogen and oxygen atoms in total. The Morgan fingerprint density at radius 2 is 1.86 bits per heavy atom. The molecule has 1 fully saturated rings. The number of rotatable bonds is 4. The summed E-state index contributed by atoms with van der Waals surface area (Å²) in [5.74, 6) is -0.191. The van der Waals surface area contributed by atoms with Crippen LogP contribution in [0.4, 0.5) is 0 Å². The quantitative estimate of drug-likeness (QED) is 0.932. The normalized spacial score (nSPS) is 16.7. The molecular weight excluding hydrogens is 278 g/mol. The van der Waals surface area contributed by atoms with E-state index in [9.17, 15) is 9.59 Å². The number of nitrogens with zero attached hydrogens (tertiary/aromatic N) is 2. The molecule has 2 aromatic rings. The van der Waals surface area contributed by atoms with Crippen LogP contribution in [0.15, 0.2) is 54.9 Å². The van der Waals surface area contributed by atoms with Crippen LogP contribution in [0.5, 0.6) is 0 Å². The highest BCUT2D eigenvalue weighted by Gasteiger charge is 2.37. The predicted octanol–water partition coefficient (Wildman–Crippen LogP) is 1.61. The number of carbonyl (C=O) groups is 2. The minimum absolute atomic E-state index is 0.0871. The largest absolute Gasteiger partial charge is 0.350 e. The molecule has 112 valence electrons. The Morgan fingerprint density at radius 1 is 1.14 bits per heavy atom. The van der Waals surface area contributed by atoms with Crippen LogP contribution >= 0.6 is 0 Å². The summed E-state index contributed by atoms with van der Waals surface area (Å²) in [7, 11) is 0. The Kier molecular flexibility index (Phi) is 4.14. The van der Waals surface area contributed by atoms with Crippen molar-refractivity contribution in [3.8, 4) is 0 Å². The van der Waals surface area contributed by atoms with Crippen molar-refractivity contribution in [2.75, 3.05) is 6.54 Å². The van der Waals surface area contributed by atoms with E-state index in [-0.39, 0.29) is 17.9 Å². The zero-order valence-electron chi connectivity index (χ0n) is 12.1. The lowest BCUT2D eigenvalue weighted by Crippen LogP contribution is -2.58. The number of nitrogens with one attached hydrogen (secondary N) is 1. The van der Waals surface area contributed by atoms with Crippen LogP contribution in [0.2, 0.25) is 0 Å². The Morgan fingerprint density at radius 3 is 2.50 bits per heavy atom. The van der Waals surface area contributed by atoms with Crippen molar-refractivity contribution in [2.24, 2.45) is 0 Å². The number of carbonyl (C=O) groups excluding carboxylic acids is 2. The van der Waals surface area contributed by atoms with Gasteiger partial charge in [-0.1, -0.05) is 18.2 Å². The molecule has 0 radical (unpaired) electrons. The van der Waals surface area contributed by atoms with Gasteiger partial charge in [-0.15, -0.1) is 0 Å². The third-order valence-corrected chi connectivity index (χ3v) is 3.82. The van der Waals surface area contributed by atoms with Gasteiger partial charge in [0.05, 0.1) is 0 Å². The molecule has 2 amide bonds. The average molecular weight is 295 g/mol. The van der Waals surface area contributed by atoms with E-state index in [2.05, 4.69) is 10.3 Å². The molecule has 22 heavy (non-hydrogen) atoms. The van der Waals surface area contributed by atoms with E-state index in [4.69, 9.17) is 0 Å². The lowest BCUT2D eigenvalue weighted by Gasteiger charge is -2.39. The second kappa shape index (κ2) is 6.39. The van der Waals surface area contributed by atoms with Gasteiger partial charge in [-0.25, -0.2) is 0 Å². The molecule has 2 heterocycles. The molecule has 0 bridgehead atoms. The summed E-state index contributed by atoms with van der Waals surface area (Å²) < 4.78 is 0. The lowest BCUT2D eigenvalue weighted by atomic mass is 10.00. The number of amides is 2. The Balaban J connectivity index is 1.58. The zero-order chi connectivity index (χ0) is 15.4. The van der Waals surface area contributed by atoms with Crippen LogP contribution < -0.4 is 5.32 Å². The predicted molar refractivity (Wildman–Crippen MR) is 82.0 cm³/mol. The monoisotopic (exact) mass is 295 g/mol. The van der Waals surface area contributed by atoms with E-state index in [1.807, 2.05) is 30.3 Å². The second-order valence-corrected chi connectivity index (χ2v) is 5.24. The highest BCUT2D eigenvalue weighted by molar-refractivity contribution is 5.98. The summed E-state index contributed by atoms with van der Waals surface area (Å²) in [6.07, 6.45) is 4.09. The van der Waals surface area contributed by atoms with E-state index in [0.717, 1.165) is 5.56 Å². The fraction of sp³-hybridized carbons (Fsp3) is 0.235. The van der Waals surface area contributed by atoms with E-state index in [0.29, 0.717) is 25.1 Å². The fourth-order valence-electron chi connectivity index (χ4n) is 2.46. The molecule has 1 N–H and O–H groups in total. The molecule has 5 heteroatoms. The van der Waals surface area contributed by atoms with Crippen molar-refractivity contribution < 1.29 is 9.59 Å². The highest BCUT2D eigenvalue weighted by atomic mass is 16.2. The Bertz CT molecular complexity index is 658. The maximum atomic E-state index is 12.4. The van der Waals surface area contributed by atoms with Gasteiger partial charge in [-0.3, -0.25) is 14.6 Å². The number of hydrogen-bond donors (Lipinski definition) is 1. The Hall–Kier alpha value is -2.69. The van der Waals surface area contributed by atoms with Crippen molar-refractivity contribution in [3.05, 3.63) is 66.0 Å². The summed E-state index contributed by atoms with van der Waals surface area (Å²) in [5, 5.41) is 2.88. The number of aromatic nitrogens is 1. The summed E-state index contributed by atoms with van der Waals surface area (Å²) in [4.78, 5) is 30.1. The zero-order valence-corrected chi connectivity index (χ0v) is 12.1. The van der Waals surface area contributed by atoms with E-state index in [1.165, 1.54) is 0 Å². The minimum atomic E-state index is -0.366. The summed E-state index contributed by atoms with van der Waals surface area (Å²) in [5.41, 5.74) is 1.61. The summed E-state index contributed by atoms with van der Waals surface area (Å²) in [6.45, 7) is 1.08. The van der Waals surface area contributed by atoms with Crippen molar-refractivity contribution in [1.82, 2.24) is 15.2 Å². The maximum Gasteiger partial charge on any atom is 0.254 e. The molecule has 1 atom stereocenters. The molecule has 1 aromatic heterocycles. The van der Waals surface area contributed by atoms with Crippen LogP contribution in [-0.4, -0.2) is 34.3 Å². The highest BCUT2D eigenvalue weighted by Crippen LogP contribution is 2.20. The van der Waals surface area contributed by atoms with E-state index >= 15 is 0 Å². The molecule has 1 aliphatic heterocycles. The van der Waals surface area contributed by atoms with Crippen LogP contribution in [-0.2, 0) is 11.3 Å². The molecule has 1 unspecified atom stereocenters. The molecule has 1 aliphatic rings. The van der Waals surface area contributed by atoms with Gasteiger partial charge in [0.15, 0.2) is 0 Å². The molecule has 3 rings (SSSR count). The van der Waals surface area contributed by atoms with Gasteiger partial charge in [-0.05, 0) is 36.2 Å². The topological polar surface area (TPSA) is 62.3 Å². The van der Waals surface area contributed by atoms with Gasteiger partial charge >= 0.3 is 0 Å². The molecule has 1 saturated heterocycles. The maximum absolute atomic E-state index is 12.4. The van der Waals surface area contributed by atoms with Crippen molar-refractivity contribution in [2.45, 2.75) is 19.0 Å². The number of likely N-dealkylation sites (tertiary alicyclic amines) is 1. The molecule has 1 aromatic carbocycles.